The van der Waals surface area contributed by atoms with Crippen molar-refractivity contribution in [2.45, 2.75) is 26.4 Å². The molecule has 150 valence electrons. The van der Waals surface area contributed by atoms with Gasteiger partial charge in [0.15, 0.2) is 0 Å². The summed E-state index contributed by atoms with van der Waals surface area (Å²) in [5, 5.41) is 0.810. The van der Waals surface area contributed by atoms with Crippen molar-refractivity contribution in [2.75, 3.05) is 26.2 Å². The lowest BCUT2D eigenvalue weighted by molar-refractivity contribution is 0.0738. The Morgan fingerprint density at radius 1 is 0.931 bits per heavy atom. The lowest BCUT2D eigenvalue weighted by atomic mass is 10.0. The third-order valence-electron chi connectivity index (χ3n) is 5.96. The molecule has 1 saturated heterocycles. The van der Waals surface area contributed by atoms with Crippen LogP contribution in [0.3, 0.4) is 0 Å². The maximum atomic E-state index is 6.41. The molecule has 0 radical (unpaired) electrons. The second-order valence-corrected chi connectivity index (χ2v) is 8.38. The van der Waals surface area contributed by atoms with Crippen LogP contribution in [0.4, 0.5) is 0 Å². The van der Waals surface area contributed by atoms with Crippen LogP contribution >= 0.6 is 11.6 Å². The maximum Gasteiger partial charge on any atom is 0.0484 e. The molecule has 0 bridgehead atoms. The smallest absolute Gasteiger partial charge is 0.0484 e. The largest absolute Gasteiger partial charge is 0.296 e. The van der Waals surface area contributed by atoms with Gasteiger partial charge < -0.3 is 0 Å². The molecule has 0 N–H and O–H groups in total. The van der Waals surface area contributed by atoms with Crippen LogP contribution in [-0.2, 0) is 6.54 Å². The van der Waals surface area contributed by atoms with Gasteiger partial charge in [0.25, 0.3) is 0 Å². The summed E-state index contributed by atoms with van der Waals surface area (Å²) in [5.41, 5.74) is 6.30. The summed E-state index contributed by atoms with van der Waals surface area (Å²) in [6.45, 7) is 9.76. The number of hydrogen-bond acceptors (Lipinski definition) is 2. The number of likely N-dealkylation sites (N-methyl/N-ethyl adjacent to an activating group) is 1. The second kappa shape index (κ2) is 9.13. The van der Waals surface area contributed by atoms with Gasteiger partial charge in [0.2, 0.25) is 0 Å². The van der Waals surface area contributed by atoms with Crippen molar-refractivity contribution >= 4 is 11.6 Å². The highest BCUT2D eigenvalue weighted by Gasteiger charge is 2.27. The lowest BCUT2D eigenvalue weighted by Crippen LogP contribution is -2.47. The van der Waals surface area contributed by atoms with Gasteiger partial charge in [-0.05, 0) is 42.3 Å². The Balaban J connectivity index is 1.47. The van der Waals surface area contributed by atoms with Crippen molar-refractivity contribution in [3.63, 3.8) is 0 Å². The van der Waals surface area contributed by atoms with Crippen LogP contribution in [0.2, 0.25) is 5.02 Å². The van der Waals surface area contributed by atoms with Gasteiger partial charge in [0, 0.05) is 42.8 Å². The molecule has 0 aliphatic carbocycles. The van der Waals surface area contributed by atoms with Crippen molar-refractivity contribution < 1.29 is 0 Å². The molecule has 3 aromatic rings. The molecule has 2 nitrogen and oxygen atoms in total. The fourth-order valence-electron chi connectivity index (χ4n) is 4.30. The van der Waals surface area contributed by atoms with Gasteiger partial charge in [-0.1, -0.05) is 84.8 Å². The Labute approximate surface area is 179 Å². The molecule has 1 fully saturated rings. The number of hydrogen-bond donors (Lipinski definition) is 0. The van der Waals surface area contributed by atoms with E-state index in [4.69, 9.17) is 11.6 Å². The summed E-state index contributed by atoms with van der Waals surface area (Å²) in [7, 11) is 0. The molecule has 4 rings (SSSR count). The van der Waals surface area contributed by atoms with Crippen molar-refractivity contribution in [1.82, 2.24) is 9.80 Å². The van der Waals surface area contributed by atoms with E-state index in [0.29, 0.717) is 6.04 Å². The summed E-state index contributed by atoms with van der Waals surface area (Å²) in [4.78, 5) is 5.17. The fourth-order valence-corrected chi connectivity index (χ4v) is 4.53. The van der Waals surface area contributed by atoms with E-state index >= 15 is 0 Å². The molecule has 0 saturated carbocycles. The zero-order chi connectivity index (χ0) is 20.2. The minimum Gasteiger partial charge on any atom is -0.296 e. The number of rotatable bonds is 5. The van der Waals surface area contributed by atoms with Crippen LogP contribution in [0.15, 0.2) is 72.8 Å². The van der Waals surface area contributed by atoms with Crippen LogP contribution in [0, 0.1) is 6.92 Å². The molecule has 0 amide bonds. The molecule has 29 heavy (non-hydrogen) atoms. The monoisotopic (exact) mass is 404 g/mol. The van der Waals surface area contributed by atoms with Gasteiger partial charge in [-0.15, -0.1) is 0 Å². The summed E-state index contributed by atoms with van der Waals surface area (Å²) >= 11 is 6.41. The van der Waals surface area contributed by atoms with E-state index in [0.717, 1.165) is 43.3 Å². The standard InChI is InChI=1S/C26H29ClN2/c1-3-29-16-15-28(19-26(29)23-7-5-4-6-8-23)18-21-10-12-22(13-11-21)24-17-20(2)9-14-25(24)27/h4-14,17,26H,3,15-16,18-19H2,1-2H3. The van der Waals surface area contributed by atoms with Gasteiger partial charge >= 0.3 is 0 Å². The van der Waals surface area contributed by atoms with Gasteiger partial charge in [0.1, 0.15) is 0 Å². The maximum absolute atomic E-state index is 6.41. The second-order valence-electron chi connectivity index (χ2n) is 7.97. The van der Waals surface area contributed by atoms with Gasteiger partial charge in [-0.3, -0.25) is 9.80 Å². The molecule has 0 aromatic heterocycles. The van der Waals surface area contributed by atoms with Crippen LogP contribution in [0.25, 0.3) is 11.1 Å². The summed E-state index contributed by atoms with van der Waals surface area (Å²) in [5.74, 6) is 0. The van der Waals surface area contributed by atoms with Crippen LogP contribution in [0.5, 0.6) is 0 Å². The number of benzene rings is 3. The normalized spacial score (nSPS) is 18.1. The molecular weight excluding hydrogens is 376 g/mol. The quantitative estimate of drug-likeness (QED) is 0.499. The first kappa shape index (κ1) is 20.2. The van der Waals surface area contributed by atoms with Crippen molar-refractivity contribution in [3.05, 3.63) is 94.5 Å². The fraction of sp³-hybridized carbons (Fsp3) is 0.308. The highest BCUT2D eigenvalue weighted by Crippen LogP contribution is 2.30. The predicted molar refractivity (Wildman–Crippen MR) is 123 cm³/mol. The molecular formula is C26H29ClN2. The third kappa shape index (κ3) is 4.72. The minimum atomic E-state index is 0.473. The first-order chi connectivity index (χ1) is 14.1. The van der Waals surface area contributed by atoms with Crippen LogP contribution in [-0.4, -0.2) is 36.0 Å². The average molecular weight is 405 g/mol. The Bertz CT molecular complexity index is 937. The van der Waals surface area contributed by atoms with Crippen LogP contribution < -0.4 is 0 Å². The SMILES string of the molecule is CCN1CCN(Cc2ccc(-c3cc(C)ccc3Cl)cc2)CC1c1ccccc1. The highest BCUT2D eigenvalue weighted by atomic mass is 35.5. The minimum absolute atomic E-state index is 0.473. The zero-order valence-corrected chi connectivity index (χ0v) is 18.1. The molecule has 1 atom stereocenters. The molecule has 1 unspecified atom stereocenters. The molecule has 0 spiro atoms. The van der Waals surface area contributed by atoms with Gasteiger partial charge in [-0.2, -0.15) is 0 Å². The van der Waals surface area contributed by atoms with E-state index in [9.17, 15) is 0 Å². The number of halogens is 1. The summed E-state index contributed by atoms with van der Waals surface area (Å²) < 4.78 is 0. The molecule has 3 heteroatoms. The highest BCUT2D eigenvalue weighted by molar-refractivity contribution is 6.33. The molecule has 1 aliphatic heterocycles. The Morgan fingerprint density at radius 3 is 2.41 bits per heavy atom. The number of aryl methyl sites for hydroxylation is 1. The van der Waals surface area contributed by atoms with E-state index in [1.807, 2.05) is 6.07 Å². The third-order valence-corrected chi connectivity index (χ3v) is 6.29. The zero-order valence-electron chi connectivity index (χ0n) is 17.3. The average Bonchev–Trinajstić information content (AvgIpc) is 2.76. The van der Waals surface area contributed by atoms with Crippen LogP contribution in [0.1, 0.15) is 29.7 Å². The number of piperazine rings is 1. The Morgan fingerprint density at radius 2 is 1.69 bits per heavy atom. The Kier molecular flexibility index (Phi) is 6.34. The molecule has 3 aromatic carbocycles. The van der Waals surface area contributed by atoms with E-state index in [1.165, 1.54) is 22.3 Å². The Hall–Kier alpha value is -2.13. The van der Waals surface area contributed by atoms with Crippen molar-refractivity contribution in [2.24, 2.45) is 0 Å². The summed E-state index contributed by atoms with van der Waals surface area (Å²) in [6, 6.07) is 26.5. The van der Waals surface area contributed by atoms with Crippen molar-refractivity contribution in [1.29, 1.82) is 0 Å². The first-order valence-electron chi connectivity index (χ1n) is 10.5. The van der Waals surface area contributed by atoms with Gasteiger partial charge in [-0.25, -0.2) is 0 Å². The lowest BCUT2D eigenvalue weighted by Gasteiger charge is -2.41. The van der Waals surface area contributed by atoms with E-state index in [-0.39, 0.29) is 0 Å². The molecule has 1 heterocycles. The van der Waals surface area contributed by atoms with E-state index < -0.39 is 0 Å². The van der Waals surface area contributed by atoms with Crippen molar-refractivity contribution in [3.8, 4) is 11.1 Å². The number of nitrogens with zero attached hydrogens (tertiary/aromatic N) is 2. The van der Waals surface area contributed by atoms with E-state index in [2.05, 4.69) is 90.4 Å². The predicted octanol–water partition coefficient (Wildman–Crippen LogP) is 6.19. The molecule has 1 aliphatic rings. The van der Waals surface area contributed by atoms with Gasteiger partial charge in [0.05, 0.1) is 0 Å². The first-order valence-corrected chi connectivity index (χ1v) is 10.9. The van der Waals surface area contributed by atoms with E-state index in [1.54, 1.807) is 0 Å². The topological polar surface area (TPSA) is 6.48 Å². The summed E-state index contributed by atoms with van der Waals surface area (Å²) in [6.07, 6.45) is 0.